The normalized spacial score (nSPS) is 26.3. The molecule has 12 heteroatoms. The number of carbonyl (C=O) groups excluding carboxylic acids is 4. The Morgan fingerprint density at radius 2 is 1.82 bits per heavy atom. The van der Waals surface area contributed by atoms with Gasteiger partial charge in [0.05, 0.1) is 18.2 Å². The van der Waals surface area contributed by atoms with Crippen molar-refractivity contribution in [2.24, 2.45) is 23.0 Å². The number of Topliss-reactive ketones (excluding diaryl/α,β-unsaturated/α-hetero) is 2. The van der Waals surface area contributed by atoms with Crippen molar-refractivity contribution in [3.05, 3.63) is 45.7 Å². The molecule has 1 aromatic rings. The summed E-state index contributed by atoms with van der Waals surface area (Å²) >= 11 is 0. The first-order chi connectivity index (χ1) is 18.5. The summed E-state index contributed by atoms with van der Waals surface area (Å²) in [6.07, 6.45) is -0.549. The number of ketones is 2. The van der Waals surface area contributed by atoms with Gasteiger partial charge in [-0.2, -0.15) is 0 Å². The van der Waals surface area contributed by atoms with Gasteiger partial charge in [-0.25, -0.2) is 4.79 Å². The van der Waals surface area contributed by atoms with Crippen molar-refractivity contribution in [1.82, 2.24) is 10.2 Å². The van der Waals surface area contributed by atoms with Gasteiger partial charge in [-0.1, -0.05) is 26.8 Å². The van der Waals surface area contributed by atoms with E-state index in [9.17, 15) is 39.6 Å². The maximum absolute atomic E-state index is 13.9. The lowest BCUT2D eigenvalue weighted by Crippen LogP contribution is -2.65. The molecule has 4 atom stereocenters. The van der Waals surface area contributed by atoms with Crippen LogP contribution in [-0.2, 0) is 32.1 Å². The van der Waals surface area contributed by atoms with Crippen molar-refractivity contribution in [3.8, 4) is 5.75 Å². The predicted octanol–water partition coefficient (Wildman–Crippen LogP) is 1.24. The number of ether oxygens (including phenoxy) is 1. The molecule has 3 aliphatic carbocycles. The molecule has 0 radical (unpaired) electrons. The number of nitrogens with two attached hydrogens (primary N) is 1. The number of rotatable bonds is 5. The third-order valence-corrected chi connectivity index (χ3v) is 7.76. The van der Waals surface area contributed by atoms with Gasteiger partial charge in [0, 0.05) is 18.0 Å². The predicted molar refractivity (Wildman–Crippen MR) is 142 cm³/mol. The van der Waals surface area contributed by atoms with Crippen LogP contribution in [0.4, 0.5) is 4.79 Å². The second kappa shape index (κ2) is 9.93. The zero-order valence-electron chi connectivity index (χ0n) is 23.1. The van der Waals surface area contributed by atoms with E-state index in [2.05, 4.69) is 5.32 Å². The van der Waals surface area contributed by atoms with Crippen molar-refractivity contribution >= 4 is 29.3 Å². The van der Waals surface area contributed by atoms with Crippen molar-refractivity contribution in [2.45, 2.75) is 51.8 Å². The Balaban J connectivity index is 1.77. The zero-order valence-corrected chi connectivity index (χ0v) is 23.1. The second-order valence-electron chi connectivity index (χ2n) is 12.0. The number of primary amides is 1. The Kier molecular flexibility index (Phi) is 7.22. The summed E-state index contributed by atoms with van der Waals surface area (Å²) in [7, 11) is 3.07. The van der Waals surface area contributed by atoms with Crippen LogP contribution in [0.2, 0.25) is 0 Å². The van der Waals surface area contributed by atoms with E-state index >= 15 is 0 Å². The summed E-state index contributed by atoms with van der Waals surface area (Å²) < 4.78 is 5.24. The average molecular weight is 558 g/mol. The van der Waals surface area contributed by atoms with Crippen LogP contribution in [-0.4, -0.2) is 81.2 Å². The van der Waals surface area contributed by atoms with Crippen LogP contribution in [0.5, 0.6) is 5.75 Å². The zero-order chi connectivity index (χ0) is 29.9. The van der Waals surface area contributed by atoms with E-state index in [0.717, 1.165) is 0 Å². The summed E-state index contributed by atoms with van der Waals surface area (Å²) in [5.41, 5.74) is 2.29. The van der Waals surface area contributed by atoms with Crippen molar-refractivity contribution in [2.75, 3.05) is 20.7 Å². The number of aliphatic hydroxyl groups excluding tert-OH is 2. The molecular formula is C28H35N3O9. The van der Waals surface area contributed by atoms with Gasteiger partial charge in [0.1, 0.15) is 22.8 Å². The number of phenols is 1. The first-order valence-corrected chi connectivity index (χ1v) is 12.9. The summed E-state index contributed by atoms with van der Waals surface area (Å²) in [5.74, 6) is -7.14. The lowest BCUT2D eigenvalue weighted by Gasteiger charge is -2.50. The molecule has 4 rings (SSSR count). The van der Waals surface area contributed by atoms with E-state index in [0.29, 0.717) is 11.1 Å². The number of hydrogen-bond acceptors (Lipinski definition) is 10. The van der Waals surface area contributed by atoms with Gasteiger partial charge in [-0.05, 0) is 55.5 Å². The number of aromatic hydroxyl groups is 1. The highest BCUT2D eigenvalue weighted by Gasteiger charge is 2.64. The SMILES string of the molecule is CN(C)[C@H]1C(=O)C(C(N)=O)=C(O)[C@]2(O)C(=O)C3=C(O)c4c(O)ccc(CNC(=O)OCC(C)(C)C)c4C[C@H]3C[C@@H]12. The number of amides is 2. The molecule has 0 saturated heterocycles. The lowest BCUT2D eigenvalue weighted by atomic mass is 9.57. The number of phenolic OH excluding ortho intramolecular Hbond substituents is 1. The molecule has 1 saturated carbocycles. The summed E-state index contributed by atoms with van der Waals surface area (Å²) in [6, 6.07) is 1.72. The van der Waals surface area contributed by atoms with Gasteiger partial charge >= 0.3 is 6.09 Å². The number of benzene rings is 1. The quantitative estimate of drug-likeness (QED) is 0.286. The largest absolute Gasteiger partial charge is 0.508 e. The van der Waals surface area contributed by atoms with E-state index in [1.807, 2.05) is 20.8 Å². The Morgan fingerprint density at radius 3 is 2.40 bits per heavy atom. The van der Waals surface area contributed by atoms with Crippen molar-refractivity contribution < 1.29 is 44.3 Å². The van der Waals surface area contributed by atoms with E-state index in [-0.39, 0.29) is 48.3 Å². The molecule has 0 heterocycles. The number of hydrogen-bond donors (Lipinski definition) is 6. The highest BCUT2D eigenvalue weighted by atomic mass is 16.5. The standard InChI is InChI=1S/C28H35N3O9/c1-27(2,3)11-40-26(38)30-10-12-6-7-16(32)18-14(12)8-13-9-15-20(31(4)5)22(34)19(25(29)37)24(36)28(15,39)23(35)17(13)21(18)33/h6-7,13,15,20,32-33,36,39H,8-11H2,1-5H3,(H2,29,37)(H,30,38)/t13-,15-,20+,28+/m0/s1. The number of likely N-dealkylation sites (N-methyl/N-ethyl adjacent to an activating group) is 1. The van der Waals surface area contributed by atoms with Crippen LogP contribution in [0, 0.1) is 17.3 Å². The monoisotopic (exact) mass is 557 g/mol. The third-order valence-electron chi connectivity index (χ3n) is 7.76. The number of aliphatic hydroxyl groups is 3. The number of nitrogens with zero attached hydrogens (tertiary/aromatic N) is 1. The first kappa shape index (κ1) is 29.1. The molecule has 40 heavy (non-hydrogen) atoms. The van der Waals surface area contributed by atoms with Crippen LogP contribution in [0.25, 0.3) is 5.76 Å². The lowest BCUT2D eigenvalue weighted by molar-refractivity contribution is -0.153. The Labute approximate surface area is 231 Å². The molecule has 0 aliphatic heterocycles. The maximum atomic E-state index is 13.9. The molecule has 0 spiro atoms. The Bertz CT molecular complexity index is 1370. The fourth-order valence-corrected chi connectivity index (χ4v) is 5.97. The van der Waals surface area contributed by atoms with E-state index < -0.39 is 64.1 Å². The van der Waals surface area contributed by atoms with Gasteiger partial charge in [0.2, 0.25) is 5.78 Å². The molecule has 12 nitrogen and oxygen atoms in total. The topological polar surface area (TPSA) is 200 Å². The molecule has 1 fully saturated rings. The second-order valence-corrected chi connectivity index (χ2v) is 12.0. The van der Waals surface area contributed by atoms with Crippen LogP contribution in [0.3, 0.4) is 0 Å². The highest BCUT2D eigenvalue weighted by Crippen LogP contribution is 2.52. The smallest absolute Gasteiger partial charge is 0.407 e. The molecule has 2 amide bonds. The van der Waals surface area contributed by atoms with Gasteiger partial charge in [0.25, 0.3) is 5.91 Å². The Morgan fingerprint density at radius 1 is 1.18 bits per heavy atom. The fraction of sp³-hybridized carbons (Fsp3) is 0.500. The number of fused-ring (bicyclic) bond motifs is 3. The van der Waals surface area contributed by atoms with Crippen LogP contribution in [0.15, 0.2) is 29.0 Å². The summed E-state index contributed by atoms with van der Waals surface area (Å²) in [6.45, 7) is 5.95. The molecule has 0 unspecified atom stereocenters. The van der Waals surface area contributed by atoms with Crippen molar-refractivity contribution in [3.63, 3.8) is 0 Å². The molecule has 3 aliphatic rings. The van der Waals surface area contributed by atoms with E-state index in [1.165, 1.54) is 25.1 Å². The minimum Gasteiger partial charge on any atom is -0.508 e. The average Bonchev–Trinajstić information content (AvgIpc) is 2.83. The molecule has 7 N–H and O–H groups in total. The van der Waals surface area contributed by atoms with Crippen LogP contribution >= 0.6 is 0 Å². The molecule has 0 aromatic heterocycles. The van der Waals surface area contributed by atoms with Crippen LogP contribution < -0.4 is 11.1 Å². The van der Waals surface area contributed by atoms with Crippen molar-refractivity contribution in [1.29, 1.82) is 0 Å². The van der Waals surface area contributed by atoms with Crippen LogP contribution in [0.1, 0.15) is 43.9 Å². The molecule has 216 valence electrons. The van der Waals surface area contributed by atoms with E-state index in [4.69, 9.17) is 10.5 Å². The number of carbonyl (C=O) groups is 4. The molecule has 0 bridgehead atoms. The van der Waals surface area contributed by atoms with Gasteiger partial charge in [-0.3, -0.25) is 19.3 Å². The minimum atomic E-state index is -2.70. The van der Waals surface area contributed by atoms with Gasteiger partial charge < -0.3 is 36.2 Å². The summed E-state index contributed by atoms with van der Waals surface area (Å²) in [4.78, 5) is 52.8. The van der Waals surface area contributed by atoms with Gasteiger partial charge in [0.15, 0.2) is 11.4 Å². The maximum Gasteiger partial charge on any atom is 0.407 e. The third kappa shape index (κ3) is 4.60. The fourth-order valence-electron chi connectivity index (χ4n) is 5.97. The van der Waals surface area contributed by atoms with Gasteiger partial charge in [-0.15, -0.1) is 0 Å². The first-order valence-electron chi connectivity index (χ1n) is 12.9. The number of nitrogens with one attached hydrogen (secondary N) is 1. The summed E-state index contributed by atoms with van der Waals surface area (Å²) in [5, 5.41) is 47.1. The minimum absolute atomic E-state index is 0.00649. The molecule has 1 aromatic carbocycles. The number of alkyl carbamates (subject to hydrolysis) is 1. The van der Waals surface area contributed by atoms with E-state index in [1.54, 1.807) is 6.07 Å². The Hall–Kier alpha value is -3.90. The highest BCUT2D eigenvalue weighted by molar-refractivity contribution is 6.24. The molecular weight excluding hydrogens is 522 g/mol.